The van der Waals surface area contributed by atoms with Crippen LogP contribution in [-0.4, -0.2) is 26.9 Å². The predicted octanol–water partition coefficient (Wildman–Crippen LogP) is 2.02. The van der Waals surface area contributed by atoms with Gasteiger partial charge in [-0.05, 0) is 6.07 Å². The molecule has 0 aliphatic rings. The zero-order chi connectivity index (χ0) is 15.4. The van der Waals surface area contributed by atoms with E-state index in [1.165, 1.54) is 10.9 Å². The van der Waals surface area contributed by atoms with Crippen molar-refractivity contribution in [2.75, 3.05) is 5.32 Å². The molecule has 0 fully saturated rings. The standard InChI is InChI=1S/C13H13ClN4O3/c1-18-7-8(6-15-18)16-13(21)17-11(12(19)20)9-4-2-3-5-10(9)14/h2-7,11H,1H3,(H,19,20)(H2,16,17,21)/t11-/m1/s1. The number of aromatic nitrogens is 2. The van der Waals surface area contributed by atoms with E-state index < -0.39 is 18.0 Å². The van der Waals surface area contributed by atoms with Crippen LogP contribution in [0.5, 0.6) is 0 Å². The lowest BCUT2D eigenvalue weighted by Crippen LogP contribution is -2.36. The molecule has 0 aliphatic carbocycles. The highest BCUT2D eigenvalue weighted by Gasteiger charge is 2.24. The van der Waals surface area contributed by atoms with Crippen LogP contribution < -0.4 is 10.6 Å². The number of carboxylic acids is 1. The number of urea groups is 1. The minimum atomic E-state index is -1.24. The molecule has 0 aliphatic heterocycles. The van der Waals surface area contributed by atoms with Crippen LogP contribution in [0, 0.1) is 0 Å². The number of carboxylic acid groups (broad SMARTS) is 1. The fourth-order valence-corrected chi connectivity index (χ4v) is 2.01. The van der Waals surface area contributed by atoms with Crippen molar-refractivity contribution in [1.82, 2.24) is 15.1 Å². The molecule has 2 amide bonds. The Morgan fingerprint density at radius 1 is 1.38 bits per heavy atom. The molecule has 1 atom stereocenters. The lowest BCUT2D eigenvalue weighted by Gasteiger charge is -2.16. The largest absolute Gasteiger partial charge is 0.479 e. The molecule has 8 heteroatoms. The van der Waals surface area contributed by atoms with E-state index in [4.69, 9.17) is 11.6 Å². The Labute approximate surface area is 125 Å². The van der Waals surface area contributed by atoms with Gasteiger partial charge in [-0.1, -0.05) is 29.8 Å². The molecule has 0 bridgehead atoms. The molecular formula is C13H13ClN4O3. The molecule has 0 saturated carbocycles. The lowest BCUT2D eigenvalue weighted by atomic mass is 10.1. The highest BCUT2D eigenvalue weighted by molar-refractivity contribution is 6.31. The van der Waals surface area contributed by atoms with Gasteiger partial charge in [0.25, 0.3) is 0 Å². The monoisotopic (exact) mass is 308 g/mol. The topological polar surface area (TPSA) is 96.2 Å². The number of hydrogen-bond donors (Lipinski definition) is 3. The Morgan fingerprint density at radius 2 is 2.10 bits per heavy atom. The third-order valence-corrected chi connectivity index (χ3v) is 3.05. The van der Waals surface area contributed by atoms with Gasteiger partial charge in [0.2, 0.25) is 0 Å². The average Bonchev–Trinajstić information content (AvgIpc) is 2.82. The number of anilines is 1. The summed E-state index contributed by atoms with van der Waals surface area (Å²) in [7, 11) is 1.70. The maximum atomic E-state index is 11.9. The molecule has 0 unspecified atom stereocenters. The first kappa shape index (κ1) is 14.9. The van der Waals surface area contributed by atoms with Crippen LogP contribution in [0.4, 0.5) is 10.5 Å². The molecule has 0 radical (unpaired) electrons. The summed E-state index contributed by atoms with van der Waals surface area (Å²) in [5.74, 6) is -1.20. The molecule has 110 valence electrons. The zero-order valence-electron chi connectivity index (χ0n) is 11.1. The number of nitrogens with zero attached hydrogens (tertiary/aromatic N) is 2. The maximum Gasteiger partial charge on any atom is 0.331 e. The average molecular weight is 309 g/mol. The van der Waals surface area contributed by atoms with Crippen LogP contribution >= 0.6 is 11.6 Å². The second-order valence-electron chi connectivity index (χ2n) is 4.29. The molecule has 1 aromatic heterocycles. The number of nitrogens with one attached hydrogen (secondary N) is 2. The second kappa shape index (κ2) is 6.27. The van der Waals surface area contributed by atoms with Gasteiger partial charge < -0.3 is 15.7 Å². The number of carbonyl (C=O) groups excluding carboxylic acids is 1. The molecule has 0 spiro atoms. The summed E-state index contributed by atoms with van der Waals surface area (Å²) in [6, 6.07) is 4.54. The summed E-state index contributed by atoms with van der Waals surface area (Å²) in [6.45, 7) is 0. The van der Waals surface area contributed by atoms with Crippen LogP contribution in [0.1, 0.15) is 11.6 Å². The van der Waals surface area contributed by atoms with Crippen LogP contribution in [0.15, 0.2) is 36.7 Å². The van der Waals surface area contributed by atoms with Crippen LogP contribution in [0.3, 0.4) is 0 Å². The van der Waals surface area contributed by atoms with Crippen molar-refractivity contribution in [3.05, 3.63) is 47.2 Å². The fraction of sp³-hybridized carbons (Fsp3) is 0.154. The Kier molecular flexibility index (Phi) is 4.44. The molecule has 7 nitrogen and oxygen atoms in total. The Balaban J connectivity index is 2.12. The highest BCUT2D eigenvalue weighted by atomic mass is 35.5. The SMILES string of the molecule is Cn1cc(NC(=O)N[C@@H](C(=O)O)c2ccccc2Cl)cn1. The molecule has 1 heterocycles. The normalized spacial score (nSPS) is 11.7. The van der Waals surface area contributed by atoms with Gasteiger partial charge in [-0.15, -0.1) is 0 Å². The molecule has 1 aromatic carbocycles. The Morgan fingerprint density at radius 3 is 2.67 bits per heavy atom. The summed E-state index contributed by atoms with van der Waals surface area (Å²) >= 11 is 5.96. The first-order valence-corrected chi connectivity index (χ1v) is 6.38. The summed E-state index contributed by atoms with van der Waals surface area (Å²) in [6.07, 6.45) is 3.04. The number of amides is 2. The van der Waals surface area contributed by atoms with Gasteiger partial charge in [0.1, 0.15) is 0 Å². The van der Waals surface area contributed by atoms with E-state index in [9.17, 15) is 14.7 Å². The minimum Gasteiger partial charge on any atom is -0.479 e. The molecule has 2 rings (SSSR count). The van der Waals surface area contributed by atoms with Gasteiger partial charge >= 0.3 is 12.0 Å². The Bertz CT molecular complexity index is 671. The number of rotatable bonds is 4. The minimum absolute atomic E-state index is 0.270. The highest BCUT2D eigenvalue weighted by Crippen LogP contribution is 2.23. The van der Waals surface area contributed by atoms with Crippen molar-refractivity contribution in [2.24, 2.45) is 7.05 Å². The number of carbonyl (C=O) groups is 2. The first-order valence-electron chi connectivity index (χ1n) is 6.01. The predicted molar refractivity (Wildman–Crippen MR) is 77.2 cm³/mol. The van der Waals surface area contributed by atoms with Crippen molar-refractivity contribution in [1.29, 1.82) is 0 Å². The van der Waals surface area contributed by atoms with E-state index in [0.717, 1.165) is 0 Å². The van der Waals surface area contributed by atoms with Gasteiger partial charge in [0, 0.05) is 23.8 Å². The third-order valence-electron chi connectivity index (χ3n) is 2.70. The molecule has 3 N–H and O–H groups in total. The van der Waals surface area contributed by atoms with E-state index in [0.29, 0.717) is 11.3 Å². The zero-order valence-corrected chi connectivity index (χ0v) is 11.8. The van der Waals surface area contributed by atoms with Gasteiger partial charge in [-0.2, -0.15) is 5.10 Å². The van der Waals surface area contributed by atoms with Crippen molar-refractivity contribution >= 4 is 29.3 Å². The van der Waals surface area contributed by atoms with Crippen LogP contribution in [0.25, 0.3) is 0 Å². The van der Waals surface area contributed by atoms with E-state index in [2.05, 4.69) is 15.7 Å². The summed E-state index contributed by atoms with van der Waals surface area (Å²) in [5.41, 5.74) is 0.770. The van der Waals surface area contributed by atoms with E-state index in [-0.39, 0.29) is 5.02 Å². The fourth-order valence-electron chi connectivity index (χ4n) is 1.77. The number of halogens is 1. The molecule has 21 heavy (non-hydrogen) atoms. The van der Waals surface area contributed by atoms with Gasteiger partial charge in [-0.25, -0.2) is 9.59 Å². The summed E-state index contributed by atoms with van der Waals surface area (Å²) in [5, 5.41) is 18.3. The summed E-state index contributed by atoms with van der Waals surface area (Å²) in [4.78, 5) is 23.2. The van der Waals surface area contributed by atoms with Crippen molar-refractivity contribution in [3.63, 3.8) is 0 Å². The van der Waals surface area contributed by atoms with Crippen molar-refractivity contribution in [2.45, 2.75) is 6.04 Å². The van der Waals surface area contributed by atoms with Crippen LogP contribution in [-0.2, 0) is 11.8 Å². The number of benzene rings is 1. The van der Waals surface area contributed by atoms with Crippen LogP contribution in [0.2, 0.25) is 5.02 Å². The van der Waals surface area contributed by atoms with Gasteiger partial charge in [0.05, 0.1) is 11.9 Å². The molecular weight excluding hydrogens is 296 g/mol. The molecule has 2 aromatic rings. The number of aryl methyl sites for hydroxylation is 1. The number of hydrogen-bond acceptors (Lipinski definition) is 3. The smallest absolute Gasteiger partial charge is 0.331 e. The van der Waals surface area contributed by atoms with Crippen molar-refractivity contribution in [3.8, 4) is 0 Å². The van der Waals surface area contributed by atoms with Gasteiger partial charge in [0.15, 0.2) is 6.04 Å². The van der Waals surface area contributed by atoms with E-state index >= 15 is 0 Å². The van der Waals surface area contributed by atoms with Gasteiger partial charge in [-0.3, -0.25) is 4.68 Å². The van der Waals surface area contributed by atoms with E-state index in [1.54, 1.807) is 37.5 Å². The quantitative estimate of drug-likeness (QED) is 0.805. The first-order chi connectivity index (χ1) is 9.97. The maximum absolute atomic E-state index is 11.9. The molecule has 0 saturated heterocycles. The number of aliphatic carboxylic acids is 1. The summed E-state index contributed by atoms with van der Waals surface area (Å²) < 4.78 is 1.51. The van der Waals surface area contributed by atoms with Crippen molar-refractivity contribution < 1.29 is 14.7 Å². The Hall–Kier alpha value is -2.54. The lowest BCUT2D eigenvalue weighted by molar-refractivity contribution is -0.139. The van der Waals surface area contributed by atoms with E-state index in [1.807, 2.05) is 0 Å². The second-order valence-corrected chi connectivity index (χ2v) is 4.70. The third kappa shape index (κ3) is 3.73.